The SMILES string of the molecule is N#Cc1c[nH]c2c(NSc3cnc(Cl)s3)ccc(F)c12. The lowest BCUT2D eigenvalue weighted by atomic mass is 10.1. The van der Waals surface area contributed by atoms with Crippen LogP contribution in [0.4, 0.5) is 10.1 Å². The van der Waals surface area contributed by atoms with Gasteiger partial charge in [0.1, 0.15) is 16.1 Å². The molecule has 0 amide bonds. The summed E-state index contributed by atoms with van der Waals surface area (Å²) in [6.45, 7) is 0. The van der Waals surface area contributed by atoms with Crippen molar-refractivity contribution < 1.29 is 4.39 Å². The third-order valence-electron chi connectivity index (χ3n) is 2.62. The first-order valence-electron chi connectivity index (χ1n) is 5.43. The Bertz CT molecular complexity index is 821. The van der Waals surface area contributed by atoms with E-state index in [0.29, 0.717) is 21.1 Å². The van der Waals surface area contributed by atoms with E-state index in [1.54, 1.807) is 12.3 Å². The molecule has 0 unspecified atom stereocenters. The number of nitrogens with zero attached hydrogens (tertiary/aromatic N) is 2. The van der Waals surface area contributed by atoms with Crippen molar-refractivity contribution in [2.45, 2.75) is 4.21 Å². The highest BCUT2D eigenvalue weighted by molar-refractivity contribution is 8.02. The maximum absolute atomic E-state index is 13.8. The number of aromatic amines is 1. The molecule has 0 aliphatic heterocycles. The van der Waals surface area contributed by atoms with Crippen LogP contribution in [0.5, 0.6) is 0 Å². The number of nitrogens with one attached hydrogen (secondary N) is 2. The van der Waals surface area contributed by atoms with E-state index in [1.165, 1.54) is 35.5 Å². The first-order valence-corrected chi connectivity index (χ1v) is 7.44. The molecule has 0 aliphatic carbocycles. The number of aromatic nitrogens is 2. The first kappa shape index (κ1) is 13.2. The summed E-state index contributed by atoms with van der Waals surface area (Å²) in [4.78, 5) is 6.85. The van der Waals surface area contributed by atoms with E-state index in [1.807, 2.05) is 6.07 Å². The van der Waals surface area contributed by atoms with Gasteiger partial charge in [0.25, 0.3) is 0 Å². The van der Waals surface area contributed by atoms with Gasteiger partial charge in [0, 0.05) is 6.20 Å². The summed E-state index contributed by atoms with van der Waals surface area (Å²) in [6, 6.07) is 4.91. The van der Waals surface area contributed by atoms with E-state index < -0.39 is 5.82 Å². The summed E-state index contributed by atoms with van der Waals surface area (Å²) >= 11 is 8.43. The Kier molecular flexibility index (Phi) is 3.53. The van der Waals surface area contributed by atoms with Crippen molar-refractivity contribution in [2.24, 2.45) is 0 Å². The molecule has 2 heterocycles. The number of fused-ring (bicyclic) bond motifs is 1. The van der Waals surface area contributed by atoms with E-state index in [2.05, 4.69) is 14.7 Å². The van der Waals surface area contributed by atoms with Gasteiger partial charge in [-0.05, 0) is 24.1 Å². The summed E-state index contributed by atoms with van der Waals surface area (Å²) in [5, 5.41) is 9.26. The van der Waals surface area contributed by atoms with E-state index in [4.69, 9.17) is 16.9 Å². The molecule has 0 atom stereocenters. The standard InChI is InChI=1S/C12H6ClFN4S2/c13-12-17-5-9(19-12)20-18-8-2-1-7(14)10-6(3-15)4-16-11(8)10/h1-2,4-5,16,18H. The normalized spacial score (nSPS) is 10.7. The predicted molar refractivity (Wildman–Crippen MR) is 79.6 cm³/mol. The molecule has 0 saturated heterocycles. The van der Waals surface area contributed by atoms with Crippen molar-refractivity contribution in [2.75, 3.05) is 4.72 Å². The largest absolute Gasteiger partial charge is 0.358 e. The molecule has 0 fully saturated rings. The number of anilines is 1. The third-order valence-corrected chi connectivity index (χ3v) is 4.66. The Balaban J connectivity index is 1.94. The van der Waals surface area contributed by atoms with Crippen LogP contribution < -0.4 is 4.72 Å². The molecule has 1 aromatic carbocycles. The van der Waals surface area contributed by atoms with Crippen LogP contribution in [-0.2, 0) is 0 Å². The van der Waals surface area contributed by atoms with Gasteiger partial charge in [0.15, 0.2) is 4.47 Å². The molecule has 0 radical (unpaired) electrons. The molecule has 3 aromatic rings. The minimum Gasteiger partial charge on any atom is -0.358 e. The lowest BCUT2D eigenvalue weighted by Gasteiger charge is -2.05. The van der Waals surface area contributed by atoms with Gasteiger partial charge in [-0.25, -0.2) is 9.37 Å². The second-order valence-corrected chi connectivity index (χ2v) is 6.51. The fraction of sp³-hybridized carbons (Fsp3) is 0. The minimum atomic E-state index is -0.422. The van der Waals surface area contributed by atoms with Gasteiger partial charge >= 0.3 is 0 Å². The van der Waals surface area contributed by atoms with Gasteiger partial charge in [-0.3, -0.25) is 0 Å². The van der Waals surface area contributed by atoms with E-state index in [-0.39, 0.29) is 5.56 Å². The molecule has 20 heavy (non-hydrogen) atoms. The summed E-state index contributed by atoms with van der Waals surface area (Å²) in [5.41, 5.74) is 1.54. The molecule has 0 spiro atoms. The minimum absolute atomic E-state index is 0.284. The number of halogens is 2. The first-order chi connectivity index (χ1) is 9.69. The summed E-state index contributed by atoms with van der Waals surface area (Å²) < 4.78 is 18.2. The highest BCUT2D eigenvalue weighted by atomic mass is 35.5. The number of hydrogen-bond donors (Lipinski definition) is 2. The average Bonchev–Trinajstić information content (AvgIpc) is 3.05. The average molecular weight is 325 g/mol. The van der Waals surface area contributed by atoms with Gasteiger partial charge in [0.2, 0.25) is 0 Å². The maximum atomic E-state index is 13.8. The van der Waals surface area contributed by atoms with E-state index in [9.17, 15) is 4.39 Å². The monoisotopic (exact) mass is 324 g/mol. The number of rotatable bonds is 3. The van der Waals surface area contributed by atoms with E-state index in [0.717, 1.165) is 4.21 Å². The van der Waals surface area contributed by atoms with Gasteiger partial charge in [-0.1, -0.05) is 22.9 Å². The second kappa shape index (κ2) is 5.32. The number of nitriles is 1. The zero-order valence-corrected chi connectivity index (χ0v) is 12.2. The number of H-pyrrole nitrogens is 1. The van der Waals surface area contributed by atoms with E-state index >= 15 is 0 Å². The summed E-state index contributed by atoms with van der Waals surface area (Å²) in [5.74, 6) is -0.422. The zero-order chi connectivity index (χ0) is 14.1. The van der Waals surface area contributed by atoms with Gasteiger partial charge in [0.05, 0.1) is 28.4 Å². The quantitative estimate of drug-likeness (QED) is 0.700. The van der Waals surface area contributed by atoms with Crippen LogP contribution in [0.25, 0.3) is 10.9 Å². The summed E-state index contributed by atoms with van der Waals surface area (Å²) in [6.07, 6.45) is 3.15. The van der Waals surface area contributed by atoms with Crippen molar-refractivity contribution in [3.8, 4) is 6.07 Å². The highest BCUT2D eigenvalue weighted by Crippen LogP contribution is 2.33. The van der Waals surface area contributed by atoms with Crippen molar-refractivity contribution in [1.29, 1.82) is 5.26 Å². The molecular weight excluding hydrogens is 319 g/mol. The lowest BCUT2D eigenvalue weighted by Crippen LogP contribution is -1.89. The zero-order valence-electron chi connectivity index (χ0n) is 9.78. The van der Waals surface area contributed by atoms with Gasteiger partial charge in [-0.2, -0.15) is 5.26 Å². The van der Waals surface area contributed by atoms with Gasteiger partial charge in [-0.15, -0.1) is 0 Å². The molecular formula is C12H6ClFN4S2. The molecule has 8 heteroatoms. The fourth-order valence-corrected chi connectivity index (χ4v) is 3.60. The predicted octanol–water partition coefficient (Wildman–Crippen LogP) is 4.41. The molecule has 2 aromatic heterocycles. The molecule has 0 aliphatic rings. The Morgan fingerprint density at radius 1 is 1.50 bits per heavy atom. The molecule has 4 nitrogen and oxygen atoms in total. The van der Waals surface area contributed by atoms with Crippen molar-refractivity contribution >= 4 is 51.5 Å². The fourth-order valence-electron chi connectivity index (χ4n) is 1.77. The topological polar surface area (TPSA) is 64.5 Å². The smallest absolute Gasteiger partial charge is 0.184 e. The van der Waals surface area contributed by atoms with Crippen LogP contribution in [0.3, 0.4) is 0 Å². The van der Waals surface area contributed by atoms with Crippen LogP contribution in [0, 0.1) is 17.1 Å². The Hall–Kier alpha value is -1.75. The number of thiazole rings is 1. The summed E-state index contributed by atoms with van der Waals surface area (Å²) in [7, 11) is 0. The molecule has 2 N–H and O–H groups in total. The van der Waals surface area contributed by atoms with Crippen LogP contribution in [-0.4, -0.2) is 9.97 Å². The van der Waals surface area contributed by atoms with Crippen LogP contribution in [0.1, 0.15) is 5.56 Å². The second-order valence-electron chi connectivity index (χ2n) is 3.80. The van der Waals surface area contributed by atoms with Gasteiger partial charge < -0.3 is 9.71 Å². The maximum Gasteiger partial charge on any atom is 0.184 e. The Morgan fingerprint density at radius 2 is 2.35 bits per heavy atom. The number of hydrogen-bond acceptors (Lipinski definition) is 5. The lowest BCUT2D eigenvalue weighted by molar-refractivity contribution is 0.640. The Morgan fingerprint density at radius 3 is 3.05 bits per heavy atom. The Labute approximate surface area is 126 Å². The van der Waals surface area contributed by atoms with Crippen molar-refractivity contribution in [3.05, 3.63) is 40.4 Å². The number of benzene rings is 1. The van der Waals surface area contributed by atoms with Crippen molar-refractivity contribution in [3.63, 3.8) is 0 Å². The van der Waals surface area contributed by atoms with Crippen molar-refractivity contribution in [1.82, 2.24) is 9.97 Å². The third kappa shape index (κ3) is 2.33. The molecule has 0 saturated carbocycles. The van der Waals surface area contributed by atoms with Crippen LogP contribution in [0.2, 0.25) is 4.47 Å². The molecule has 0 bridgehead atoms. The molecule has 100 valence electrons. The van der Waals surface area contributed by atoms with Crippen LogP contribution >= 0.6 is 34.9 Å². The molecule has 3 rings (SSSR count). The highest BCUT2D eigenvalue weighted by Gasteiger charge is 2.12. The van der Waals surface area contributed by atoms with Crippen LogP contribution in [0.15, 0.2) is 28.7 Å².